The van der Waals surface area contributed by atoms with Gasteiger partial charge in [-0.3, -0.25) is 4.79 Å². The van der Waals surface area contributed by atoms with Gasteiger partial charge in [0.15, 0.2) is 0 Å². The van der Waals surface area contributed by atoms with Gasteiger partial charge in [-0.25, -0.2) is 8.91 Å². The Morgan fingerprint density at radius 1 is 1.38 bits per heavy atom. The zero-order chi connectivity index (χ0) is 15.0. The Hall–Kier alpha value is -2.94. The molecule has 3 rings (SSSR count). The van der Waals surface area contributed by atoms with Crippen molar-refractivity contribution in [1.82, 2.24) is 14.2 Å². The Morgan fingerprint density at radius 3 is 2.95 bits per heavy atom. The van der Waals surface area contributed by atoms with Crippen LogP contribution in [0.2, 0.25) is 0 Å². The number of aromatic nitrogens is 3. The molecule has 6 heteroatoms. The molecule has 0 radical (unpaired) electrons. The molecule has 0 aliphatic rings. The molecule has 0 spiro atoms. The van der Waals surface area contributed by atoms with Gasteiger partial charge >= 0.3 is 0 Å². The lowest BCUT2D eigenvalue weighted by atomic mass is 10.1. The molecule has 21 heavy (non-hydrogen) atoms. The minimum Gasteiger partial charge on any atom is -0.308 e. The summed E-state index contributed by atoms with van der Waals surface area (Å²) < 4.78 is 16.9. The van der Waals surface area contributed by atoms with Crippen LogP contribution in [0.5, 0.6) is 0 Å². The maximum absolute atomic E-state index is 14.1. The van der Waals surface area contributed by atoms with Gasteiger partial charge in [0, 0.05) is 18.0 Å². The van der Waals surface area contributed by atoms with E-state index in [1.165, 1.54) is 15.1 Å². The molecule has 2 aromatic heterocycles. The van der Waals surface area contributed by atoms with Crippen LogP contribution in [0.15, 0.2) is 41.5 Å². The number of aryl methyl sites for hydroxylation is 1. The summed E-state index contributed by atoms with van der Waals surface area (Å²) >= 11 is 0. The van der Waals surface area contributed by atoms with Crippen molar-refractivity contribution >= 4 is 5.52 Å². The van der Waals surface area contributed by atoms with Crippen LogP contribution in [-0.2, 0) is 6.54 Å². The van der Waals surface area contributed by atoms with Crippen molar-refractivity contribution in [2.45, 2.75) is 13.5 Å². The van der Waals surface area contributed by atoms with Crippen molar-refractivity contribution in [2.24, 2.45) is 0 Å². The van der Waals surface area contributed by atoms with Gasteiger partial charge in [-0.05, 0) is 19.1 Å². The second kappa shape index (κ2) is 4.87. The summed E-state index contributed by atoms with van der Waals surface area (Å²) in [4.78, 5) is 12.3. The van der Waals surface area contributed by atoms with E-state index in [-0.39, 0.29) is 17.7 Å². The number of rotatable bonds is 2. The largest absolute Gasteiger partial charge is 0.308 e. The van der Waals surface area contributed by atoms with Gasteiger partial charge in [0.1, 0.15) is 17.4 Å². The van der Waals surface area contributed by atoms with Crippen LogP contribution in [0.1, 0.15) is 16.8 Å². The fraction of sp³-hybridized carbons (Fsp3) is 0.133. The zero-order valence-electron chi connectivity index (χ0n) is 11.2. The van der Waals surface area contributed by atoms with Crippen LogP contribution in [0.25, 0.3) is 5.52 Å². The quantitative estimate of drug-likeness (QED) is 0.720. The highest BCUT2D eigenvalue weighted by Gasteiger charge is 2.10. The first-order valence-electron chi connectivity index (χ1n) is 6.33. The topological polar surface area (TPSA) is 63.1 Å². The smallest absolute Gasteiger partial charge is 0.276 e. The predicted molar refractivity (Wildman–Crippen MR) is 74.4 cm³/mol. The number of fused-ring (bicyclic) bond motifs is 1. The van der Waals surface area contributed by atoms with E-state index in [9.17, 15) is 9.18 Å². The molecule has 3 aromatic rings. The molecule has 1 aromatic carbocycles. The normalized spacial score (nSPS) is 10.7. The van der Waals surface area contributed by atoms with E-state index in [0.717, 1.165) is 5.69 Å². The highest BCUT2D eigenvalue weighted by atomic mass is 19.1. The van der Waals surface area contributed by atoms with Crippen LogP contribution in [0.4, 0.5) is 4.39 Å². The molecule has 0 aliphatic carbocycles. The number of nitriles is 1. The molecule has 0 unspecified atom stereocenters. The lowest BCUT2D eigenvalue weighted by Crippen LogP contribution is -2.22. The highest BCUT2D eigenvalue weighted by molar-refractivity contribution is 5.45. The summed E-state index contributed by atoms with van der Waals surface area (Å²) in [5, 5.41) is 13.0. The van der Waals surface area contributed by atoms with Gasteiger partial charge in [0.05, 0.1) is 17.8 Å². The van der Waals surface area contributed by atoms with E-state index in [1.54, 1.807) is 43.6 Å². The Balaban J connectivity index is 2.09. The van der Waals surface area contributed by atoms with Crippen LogP contribution in [-0.4, -0.2) is 14.2 Å². The van der Waals surface area contributed by atoms with E-state index in [0.29, 0.717) is 11.1 Å². The molecule has 0 saturated heterocycles. The molecule has 0 saturated carbocycles. The first-order valence-corrected chi connectivity index (χ1v) is 6.33. The van der Waals surface area contributed by atoms with Crippen LogP contribution >= 0.6 is 0 Å². The summed E-state index contributed by atoms with van der Waals surface area (Å²) in [7, 11) is 0. The molecule has 2 heterocycles. The maximum atomic E-state index is 14.1. The third-order valence-electron chi connectivity index (χ3n) is 3.27. The molecular weight excluding hydrogens is 271 g/mol. The summed E-state index contributed by atoms with van der Waals surface area (Å²) in [5.41, 5.74) is 1.20. The fourth-order valence-corrected chi connectivity index (χ4v) is 2.24. The zero-order valence-corrected chi connectivity index (χ0v) is 11.2. The standard InChI is InChI=1S/C15H11FN4O/c1-10-7-13-15(21)19(5-6-20(13)18-10)9-12-4-2-3-11(8-17)14(12)16/h2-7H,9H2,1H3. The second-order valence-electron chi connectivity index (χ2n) is 4.74. The Morgan fingerprint density at radius 2 is 2.19 bits per heavy atom. The van der Waals surface area contributed by atoms with E-state index in [2.05, 4.69) is 5.10 Å². The van der Waals surface area contributed by atoms with Crippen molar-refractivity contribution in [1.29, 1.82) is 5.26 Å². The molecule has 0 amide bonds. The molecule has 5 nitrogen and oxygen atoms in total. The average Bonchev–Trinajstić information content (AvgIpc) is 2.85. The number of halogens is 1. The van der Waals surface area contributed by atoms with Crippen LogP contribution < -0.4 is 5.56 Å². The van der Waals surface area contributed by atoms with Gasteiger partial charge in [0.2, 0.25) is 0 Å². The predicted octanol–water partition coefficient (Wildman–Crippen LogP) is 1.86. The summed E-state index contributed by atoms with van der Waals surface area (Å²) in [6.45, 7) is 1.87. The SMILES string of the molecule is Cc1cc2c(=O)n(Cc3cccc(C#N)c3F)ccn2n1. The first-order chi connectivity index (χ1) is 10.1. The first kappa shape index (κ1) is 13.1. The maximum Gasteiger partial charge on any atom is 0.276 e. The minimum absolute atomic E-state index is 0.0261. The number of hydrogen-bond donors (Lipinski definition) is 0. The van der Waals surface area contributed by atoms with Crippen molar-refractivity contribution < 1.29 is 4.39 Å². The molecule has 0 aliphatic heterocycles. The summed E-state index contributed by atoms with van der Waals surface area (Å²) in [6, 6.07) is 8.05. The van der Waals surface area contributed by atoms with Crippen LogP contribution in [0, 0.1) is 24.1 Å². The highest BCUT2D eigenvalue weighted by Crippen LogP contribution is 2.13. The van der Waals surface area contributed by atoms with Gasteiger partial charge in [-0.1, -0.05) is 12.1 Å². The van der Waals surface area contributed by atoms with Gasteiger partial charge < -0.3 is 4.57 Å². The fourth-order valence-electron chi connectivity index (χ4n) is 2.24. The van der Waals surface area contributed by atoms with Gasteiger partial charge in [-0.2, -0.15) is 10.4 Å². The van der Waals surface area contributed by atoms with Crippen molar-refractivity contribution in [3.8, 4) is 6.07 Å². The monoisotopic (exact) mass is 282 g/mol. The van der Waals surface area contributed by atoms with E-state index in [1.807, 2.05) is 0 Å². The van der Waals surface area contributed by atoms with E-state index < -0.39 is 5.82 Å². The Labute approximate surface area is 119 Å². The molecule has 0 N–H and O–H groups in total. The average molecular weight is 282 g/mol. The minimum atomic E-state index is -0.587. The summed E-state index contributed by atoms with van der Waals surface area (Å²) in [6.07, 6.45) is 3.20. The molecule has 0 fully saturated rings. The lowest BCUT2D eigenvalue weighted by Gasteiger charge is -2.08. The lowest BCUT2D eigenvalue weighted by molar-refractivity contribution is 0.592. The number of benzene rings is 1. The number of nitrogens with zero attached hydrogens (tertiary/aromatic N) is 4. The van der Waals surface area contributed by atoms with Gasteiger partial charge in [0.25, 0.3) is 5.56 Å². The van der Waals surface area contributed by atoms with Crippen molar-refractivity contribution in [3.05, 3.63) is 69.7 Å². The third kappa shape index (κ3) is 2.19. The molecular formula is C15H11FN4O. The molecule has 0 atom stereocenters. The Kier molecular flexibility index (Phi) is 3.03. The van der Waals surface area contributed by atoms with E-state index >= 15 is 0 Å². The van der Waals surface area contributed by atoms with Crippen LogP contribution in [0.3, 0.4) is 0 Å². The third-order valence-corrected chi connectivity index (χ3v) is 3.27. The van der Waals surface area contributed by atoms with Crippen molar-refractivity contribution in [2.75, 3.05) is 0 Å². The number of hydrogen-bond acceptors (Lipinski definition) is 3. The second-order valence-corrected chi connectivity index (χ2v) is 4.74. The van der Waals surface area contributed by atoms with Crippen molar-refractivity contribution in [3.63, 3.8) is 0 Å². The molecule has 0 bridgehead atoms. The summed E-state index contributed by atoms with van der Waals surface area (Å²) in [5.74, 6) is -0.587. The van der Waals surface area contributed by atoms with E-state index in [4.69, 9.17) is 5.26 Å². The molecule has 104 valence electrons. The van der Waals surface area contributed by atoms with Gasteiger partial charge in [-0.15, -0.1) is 0 Å². The Bertz CT molecular complexity index is 933.